The van der Waals surface area contributed by atoms with Gasteiger partial charge in [0.15, 0.2) is 0 Å². The van der Waals surface area contributed by atoms with Gasteiger partial charge in [0.1, 0.15) is 11.5 Å². The van der Waals surface area contributed by atoms with Crippen LogP contribution in [-0.4, -0.2) is 41.1 Å². The van der Waals surface area contributed by atoms with Crippen LogP contribution in [0.25, 0.3) is 0 Å². The molecule has 31 heavy (non-hydrogen) atoms. The zero-order chi connectivity index (χ0) is 21.6. The zero-order valence-corrected chi connectivity index (χ0v) is 17.8. The molecule has 2 atom stereocenters. The van der Waals surface area contributed by atoms with Crippen molar-refractivity contribution >= 4 is 11.6 Å². The molecule has 1 amide bonds. The Morgan fingerprint density at radius 1 is 1.03 bits per heavy atom. The number of ether oxygens (including phenoxy) is 2. The molecule has 1 aliphatic heterocycles. The Labute approximate surface area is 182 Å². The van der Waals surface area contributed by atoms with Crippen molar-refractivity contribution in [3.05, 3.63) is 84.2 Å². The fraction of sp³-hybridized carbons (Fsp3) is 0.280. The Morgan fingerprint density at radius 2 is 1.74 bits per heavy atom. The number of nitrogens with zero attached hydrogens (tertiary/aromatic N) is 2. The van der Waals surface area contributed by atoms with Gasteiger partial charge in [-0.3, -0.25) is 14.7 Å². The molecule has 0 radical (unpaired) electrons. The van der Waals surface area contributed by atoms with Crippen molar-refractivity contribution in [3.8, 4) is 11.5 Å². The van der Waals surface area contributed by atoms with Crippen LogP contribution in [0.2, 0.25) is 0 Å². The van der Waals surface area contributed by atoms with E-state index < -0.39 is 0 Å². The van der Waals surface area contributed by atoms with Crippen molar-refractivity contribution in [1.82, 2.24) is 9.88 Å². The average molecular weight is 418 g/mol. The van der Waals surface area contributed by atoms with Crippen molar-refractivity contribution in [2.75, 3.05) is 18.4 Å². The van der Waals surface area contributed by atoms with Crippen LogP contribution in [0.15, 0.2) is 73.1 Å². The summed E-state index contributed by atoms with van der Waals surface area (Å²) in [5, 5.41) is 2.94. The molecular weight excluding hydrogens is 390 g/mol. The SMILES string of the molecule is CC1CN(Cc2ccc(C(=O)Nc3cccc(Oc4ccncc4)c3)cc2)CC(C)O1. The molecule has 0 bridgehead atoms. The van der Waals surface area contributed by atoms with Crippen LogP contribution >= 0.6 is 0 Å². The number of hydrogen-bond acceptors (Lipinski definition) is 5. The van der Waals surface area contributed by atoms with Gasteiger partial charge in [-0.15, -0.1) is 0 Å². The van der Waals surface area contributed by atoms with Crippen molar-refractivity contribution < 1.29 is 14.3 Å². The number of morpholine rings is 1. The highest BCUT2D eigenvalue weighted by Gasteiger charge is 2.22. The van der Waals surface area contributed by atoms with Crippen LogP contribution in [0.4, 0.5) is 5.69 Å². The Bertz CT molecular complexity index is 998. The van der Waals surface area contributed by atoms with Crippen molar-refractivity contribution in [1.29, 1.82) is 0 Å². The lowest BCUT2D eigenvalue weighted by Crippen LogP contribution is -2.44. The van der Waals surface area contributed by atoms with Gasteiger partial charge in [-0.2, -0.15) is 0 Å². The molecule has 160 valence electrons. The van der Waals surface area contributed by atoms with E-state index in [1.54, 1.807) is 30.6 Å². The number of aromatic nitrogens is 1. The molecule has 1 aromatic heterocycles. The van der Waals surface area contributed by atoms with E-state index in [4.69, 9.17) is 9.47 Å². The summed E-state index contributed by atoms with van der Waals surface area (Å²) in [6, 6.07) is 18.7. The minimum Gasteiger partial charge on any atom is -0.457 e. The minimum atomic E-state index is -0.152. The lowest BCUT2D eigenvalue weighted by molar-refractivity contribution is -0.0704. The Hall–Kier alpha value is -3.22. The molecule has 1 saturated heterocycles. The second kappa shape index (κ2) is 9.73. The Kier molecular flexibility index (Phi) is 6.60. The topological polar surface area (TPSA) is 63.7 Å². The maximum Gasteiger partial charge on any atom is 0.255 e. The highest BCUT2D eigenvalue weighted by Crippen LogP contribution is 2.24. The van der Waals surface area contributed by atoms with E-state index in [1.807, 2.05) is 42.5 Å². The van der Waals surface area contributed by atoms with Gasteiger partial charge >= 0.3 is 0 Å². The van der Waals surface area contributed by atoms with Crippen LogP contribution < -0.4 is 10.1 Å². The first kappa shape index (κ1) is 21.0. The van der Waals surface area contributed by atoms with Crippen LogP contribution in [-0.2, 0) is 11.3 Å². The standard InChI is InChI=1S/C25H27N3O3/c1-18-15-28(16-19(2)30-18)17-20-6-8-21(9-7-20)25(29)27-22-4-3-5-24(14-22)31-23-10-12-26-13-11-23/h3-14,18-19H,15-17H2,1-2H3,(H,27,29). The van der Waals surface area contributed by atoms with E-state index in [0.29, 0.717) is 22.7 Å². The first-order valence-corrected chi connectivity index (χ1v) is 10.5. The van der Waals surface area contributed by atoms with Gasteiger partial charge in [0.2, 0.25) is 0 Å². The molecule has 6 nitrogen and oxygen atoms in total. The molecule has 2 aromatic carbocycles. The van der Waals surface area contributed by atoms with Gasteiger partial charge in [-0.05, 0) is 55.8 Å². The van der Waals surface area contributed by atoms with Crippen LogP contribution in [0.5, 0.6) is 11.5 Å². The fourth-order valence-electron chi connectivity index (χ4n) is 3.82. The molecule has 6 heteroatoms. The number of benzene rings is 2. The van der Waals surface area contributed by atoms with Crippen molar-refractivity contribution in [2.24, 2.45) is 0 Å². The number of pyridine rings is 1. The Morgan fingerprint density at radius 3 is 2.45 bits per heavy atom. The van der Waals surface area contributed by atoms with E-state index in [-0.39, 0.29) is 18.1 Å². The zero-order valence-electron chi connectivity index (χ0n) is 17.8. The maximum atomic E-state index is 12.7. The third-order valence-electron chi connectivity index (χ3n) is 5.09. The first-order chi connectivity index (χ1) is 15.0. The number of hydrogen-bond donors (Lipinski definition) is 1. The van der Waals surface area contributed by atoms with Crippen molar-refractivity contribution in [3.63, 3.8) is 0 Å². The molecule has 2 unspecified atom stereocenters. The van der Waals surface area contributed by atoms with Crippen LogP contribution in [0, 0.1) is 0 Å². The average Bonchev–Trinajstić information content (AvgIpc) is 2.74. The summed E-state index contributed by atoms with van der Waals surface area (Å²) in [7, 11) is 0. The molecule has 1 N–H and O–H groups in total. The minimum absolute atomic E-state index is 0.152. The third kappa shape index (κ3) is 5.90. The summed E-state index contributed by atoms with van der Waals surface area (Å²) in [5.41, 5.74) is 2.48. The van der Waals surface area contributed by atoms with E-state index in [1.165, 1.54) is 5.56 Å². The summed E-state index contributed by atoms with van der Waals surface area (Å²) in [4.78, 5) is 19.1. The monoisotopic (exact) mass is 417 g/mol. The van der Waals surface area contributed by atoms with Gasteiger partial charge in [0.05, 0.1) is 12.2 Å². The molecule has 2 heterocycles. The normalized spacial score (nSPS) is 19.0. The molecule has 0 saturated carbocycles. The van der Waals surface area contributed by atoms with Gasteiger partial charge in [-0.1, -0.05) is 18.2 Å². The largest absolute Gasteiger partial charge is 0.457 e. The molecular formula is C25H27N3O3. The lowest BCUT2D eigenvalue weighted by Gasteiger charge is -2.35. The molecule has 4 rings (SSSR count). The molecule has 0 spiro atoms. The third-order valence-corrected chi connectivity index (χ3v) is 5.09. The highest BCUT2D eigenvalue weighted by atomic mass is 16.5. The summed E-state index contributed by atoms with van der Waals surface area (Å²) >= 11 is 0. The number of nitrogens with one attached hydrogen (secondary N) is 1. The smallest absolute Gasteiger partial charge is 0.255 e. The van der Waals surface area contributed by atoms with Gasteiger partial charge in [0, 0.05) is 49.3 Å². The highest BCUT2D eigenvalue weighted by molar-refractivity contribution is 6.04. The van der Waals surface area contributed by atoms with E-state index in [9.17, 15) is 4.79 Å². The van der Waals surface area contributed by atoms with Gasteiger partial charge in [-0.25, -0.2) is 0 Å². The number of amides is 1. The lowest BCUT2D eigenvalue weighted by atomic mass is 10.1. The fourth-order valence-corrected chi connectivity index (χ4v) is 3.82. The molecule has 1 aliphatic rings. The molecule has 3 aromatic rings. The van der Waals surface area contributed by atoms with Gasteiger partial charge in [0.25, 0.3) is 5.91 Å². The van der Waals surface area contributed by atoms with E-state index >= 15 is 0 Å². The summed E-state index contributed by atoms with van der Waals surface area (Å²) in [6.07, 6.45) is 3.83. The van der Waals surface area contributed by atoms with Crippen LogP contribution in [0.3, 0.4) is 0 Å². The summed E-state index contributed by atoms with van der Waals surface area (Å²) in [5.74, 6) is 1.19. The number of anilines is 1. The molecule has 0 aliphatic carbocycles. The second-order valence-corrected chi connectivity index (χ2v) is 7.92. The van der Waals surface area contributed by atoms with Crippen molar-refractivity contribution in [2.45, 2.75) is 32.6 Å². The predicted molar refractivity (Wildman–Crippen MR) is 120 cm³/mol. The van der Waals surface area contributed by atoms with E-state index in [2.05, 4.69) is 29.0 Å². The van der Waals surface area contributed by atoms with Crippen LogP contribution in [0.1, 0.15) is 29.8 Å². The quantitative estimate of drug-likeness (QED) is 0.628. The van der Waals surface area contributed by atoms with E-state index in [0.717, 1.165) is 19.6 Å². The number of carbonyl (C=O) groups excluding carboxylic acids is 1. The molecule has 1 fully saturated rings. The summed E-state index contributed by atoms with van der Waals surface area (Å²) in [6.45, 7) is 6.91. The number of carbonyl (C=O) groups is 1. The second-order valence-electron chi connectivity index (χ2n) is 7.92. The van der Waals surface area contributed by atoms with Gasteiger partial charge < -0.3 is 14.8 Å². The summed E-state index contributed by atoms with van der Waals surface area (Å²) < 4.78 is 11.6. The first-order valence-electron chi connectivity index (χ1n) is 10.5. The maximum absolute atomic E-state index is 12.7. The number of rotatable bonds is 6. The Balaban J connectivity index is 1.36. The predicted octanol–water partition coefficient (Wildman–Crippen LogP) is 4.74.